The van der Waals surface area contributed by atoms with Gasteiger partial charge in [-0.2, -0.15) is 0 Å². The van der Waals surface area contributed by atoms with E-state index in [-0.39, 0.29) is 5.78 Å². The third-order valence-corrected chi connectivity index (χ3v) is 5.18. The molecule has 0 radical (unpaired) electrons. The first-order chi connectivity index (χ1) is 15.6. The van der Waals surface area contributed by atoms with Gasteiger partial charge in [0.2, 0.25) is 0 Å². The highest BCUT2D eigenvalue weighted by Crippen LogP contribution is 2.23. The van der Waals surface area contributed by atoms with Gasteiger partial charge in [0.25, 0.3) is 0 Å². The summed E-state index contributed by atoms with van der Waals surface area (Å²) in [5.74, 6) is -0.138. The highest BCUT2D eigenvalue weighted by atomic mass is 16.5. The molecule has 4 rings (SSSR count). The Morgan fingerprint density at radius 1 is 0.688 bits per heavy atom. The van der Waals surface area contributed by atoms with Gasteiger partial charge >= 0.3 is 5.97 Å². The van der Waals surface area contributed by atoms with Crippen molar-refractivity contribution in [3.05, 3.63) is 131 Å². The first-order valence-electron chi connectivity index (χ1n) is 10.4. The van der Waals surface area contributed by atoms with Crippen LogP contribution in [0.2, 0.25) is 0 Å². The molecule has 0 spiro atoms. The van der Waals surface area contributed by atoms with Crippen LogP contribution in [0.1, 0.15) is 31.8 Å². The fourth-order valence-corrected chi connectivity index (χ4v) is 3.39. The molecule has 32 heavy (non-hydrogen) atoms. The molecule has 0 heterocycles. The van der Waals surface area contributed by atoms with Crippen molar-refractivity contribution >= 4 is 17.8 Å². The second kappa shape index (κ2) is 9.71. The number of hydrogen-bond donors (Lipinski definition) is 0. The quantitative estimate of drug-likeness (QED) is 0.150. The van der Waals surface area contributed by atoms with E-state index in [4.69, 9.17) is 4.74 Å². The Hall–Kier alpha value is -4.24. The molecule has 0 aliphatic rings. The number of esters is 1. The topological polar surface area (TPSA) is 43.4 Å². The van der Waals surface area contributed by atoms with Gasteiger partial charge in [0.05, 0.1) is 5.56 Å². The molecule has 0 fully saturated rings. The zero-order valence-corrected chi connectivity index (χ0v) is 17.7. The number of para-hydroxylation sites is 1. The molecule has 4 aromatic rings. The first kappa shape index (κ1) is 21.0. The van der Waals surface area contributed by atoms with Gasteiger partial charge in [-0.15, -0.1) is 0 Å². The zero-order valence-electron chi connectivity index (χ0n) is 17.7. The molecule has 0 saturated heterocycles. The molecule has 3 heteroatoms. The van der Waals surface area contributed by atoms with Crippen molar-refractivity contribution in [1.82, 2.24) is 0 Å². The minimum atomic E-state index is -0.424. The third kappa shape index (κ3) is 4.90. The van der Waals surface area contributed by atoms with Gasteiger partial charge in [0.1, 0.15) is 5.75 Å². The van der Waals surface area contributed by atoms with Gasteiger partial charge in [-0.3, -0.25) is 4.79 Å². The van der Waals surface area contributed by atoms with Gasteiger partial charge in [-0.25, -0.2) is 4.79 Å². The van der Waals surface area contributed by atoms with Crippen LogP contribution in [0, 0.1) is 6.92 Å². The van der Waals surface area contributed by atoms with Gasteiger partial charge in [0, 0.05) is 11.1 Å². The number of aryl methyl sites for hydroxylation is 1. The molecule has 3 nitrogen and oxygen atoms in total. The summed E-state index contributed by atoms with van der Waals surface area (Å²) in [4.78, 5) is 25.3. The van der Waals surface area contributed by atoms with Crippen LogP contribution < -0.4 is 4.74 Å². The van der Waals surface area contributed by atoms with Crippen molar-refractivity contribution in [2.24, 2.45) is 0 Å². The zero-order chi connectivity index (χ0) is 22.3. The van der Waals surface area contributed by atoms with Crippen molar-refractivity contribution in [3.8, 4) is 16.9 Å². The van der Waals surface area contributed by atoms with Crippen LogP contribution in [-0.2, 0) is 0 Å². The molecule has 0 unspecified atom stereocenters. The largest absolute Gasteiger partial charge is 0.422 e. The van der Waals surface area contributed by atoms with E-state index in [2.05, 4.69) is 0 Å². The lowest BCUT2D eigenvalue weighted by Crippen LogP contribution is -2.10. The second-order valence-electron chi connectivity index (χ2n) is 7.38. The second-order valence-corrected chi connectivity index (χ2v) is 7.38. The number of carbonyl (C=O) groups excluding carboxylic acids is 2. The average Bonchev–Trinajstić information content (AvgIpc) is 2.84. The molecule has 0 aromatic heterocycles. The maximum absolute atomic E-state index is 12.7. The fraction of sp³-hybridized carbons (Fsp3) is 0.0345. The highest BCUT2D eigenvalue weighted by molar-refractivity contribution is 6.07. The molecule has 0 bridgehead atoms. The lowest BCUT2D eigenvalue weighted by molar-refractivity contribution is 0.0733. The van der Waals surface area contributed by atoms with E-state index in [1.807, 2.05) is 85.8 Å². The van der Waals surface area contributed by atoms with Crippen LogP contribution in [-0.4, -0.2) is 11.8 Å². The fourth-order valence-electron chi connectivity index (χ4n) is 3.39. The van der Waals surface area contributed by atoms with Crippen molar-refractivity contribution in [2.45, 2.75) is 6.92 Å². The monoisotopic (exact) mass is 418 g/mol. The third-order valence-electron chi connectivity index (χ3n) is 5.18. The Morgan fingerprint density at radius 3 is 2.06 bits per heavy atom. The van der Waals surface area contributed by atoms with E-state index in [0.717, 1.165) is 16.7 Å². The Morgan fingerprint density at radius 2 is 1.31 bits per heavy atom. The molecule has 0 saturated carbocycles. The van der Waals surface area contributed by atoms with Crippen molar-refractivity contribution in [2.75, 3.05) is 0 Å². The maximum atomic E-state index is 12.7. The molecular formula is C29H22O3. The average molecular weight is 418 g/mol. The van der Waals surface area contributed by atoms with Crippen LogP contribution in [0.15, 0.2) is 109 Å². The molecule has 0 aliphatic carbocycles. The standard InChI is InChI=1S/C29H22O3/c1-21-9-5-7-13-26(21)29(31)32-28-14-8-6-12-25(28)19-20-27(30)24-17-15-23(16-18-24)22-10-3-2-4-11-22/h2-20H,1H3/b20-19+. The van der Waals surface area contributed by atoms with Crippen LogP contribution in [0.3, 0.4) is 0 Å². The lowest BCUT2D eigenvalue weighted by Gasteiger charge is -2.09. The number of ether oxygens (including phenoxy) is 1. The van der Waals surface area contributed by atoms with Crippen molar-refractivity contribution < 1.29 is 14.3 Å². The summed E-state index contributed by atoms with van der Waals surface area (Å²) in [6, 6.07) is 32.0. The molecule has 0 amide bonds. The SMILES string of the molecule is Cc1ccccc1C(=O)Oc1ccccc1/C=C/C(=O)c1ccc(-c2ccccc2)cc1. The molecule has 156 valence electrons. The number of carbonyl (C=O) groups is 2. The van der Waals surface area contributed by atoms with E-state index in [0.29, 0.717) is 22.4 Å². The van der Waals surface area contributed by atoms with Gasteiger partial charge < -0.3 is 4.74 Å². The van der Waals surface area contributed by atoms with E-state index in [1.165, 1.54) is 6.08 Å². The normalized spacial score (nSPS) is 10.8. The van der Waals surface area contributed by atoms with Gasteiger partial charge in [-0.1, -0.05) is 91.0 Å². The molecule has 4 aromatic carbocycles. The Balaban J connectivity index is 1.49. The predicted octanol–water partition coefficient (Wildman–Crippen LogP) is 6.78. The van der Waals surface area contributed by atoms with Crippen molar-refractivity contribution in [1.29, 1.82) is 0 Å². The molecule has 0 atom stereocenters. The summed E-state index contributed by atoms with van der Waals surface area (Å²) >= 11 is 0. The Bertz CT molecular complexity index is 1270. The van der Waals surface area contributed by atoms with Gasteiger partial charge in [-0.05, 0) is 47.9 Å². The van der Waals surface area contributed by atoms with Crippen molar-refractivity contribution in [3.63, 3.8) is 0 Å². The molecular weight excluding hydrogens is 396 g/mol. The van der Waals surface area contributed by atoms with Crippen LogP contribution >= 0.6 is 0 Å². The highest BCUT2D eigenvalue weighted by Gasteiger charge is 2.13. The van der Waals surface area contributed by atoms with E-state index < -0.39 is 5.97 Å². The minimum absolute atomic E-state index is 0.121. The summed E-state index contributed by atoms with van der Waals surface area (Å²) in [5, 5.41) is 0. The minimum Gasteiger partial charge on any atom is -0.422 e. The van der Waals surface area contributed by atoms with Crippen LogP contribution in [0.5, 0.6) is 5.75 Å². The van der Waals surface area contributed by atoms with Gasteiger partial charge in [0.15, 0.2) is 5.78 Å². The van der Waals surface area contributed by atoms with E-state index in [1.54, 1.807) is 30.3 Å². The summed E-state index contributed by atoms with van der Waals surface area (Å²) in [6.07, 6.45) is 3.17. The lowest BCUT2D eigenvalue weighted by atomic mass is 10.0. The van der Waals surface area contributed by atoms with E-state index in [9.17, 15) is 9.59 Å². The number of allylic oxidation sites excluding steroid dienone is 1. The van der Waals surface area contributed by atoms with Crippen LogP contribution in [0.25, 0.3) is 17.2 Å². The predicted molar refractivity (Wildman–Crippen MR) is 128 cm³/mol. The molecule has 0 aliphatic heterocycles. The summed E-state index contributed by atoms with van der Waals surface area (Å²) in [6.45, 7) is 1.87. The number of benzene rings is 4. The smallest absolute Gasteiger partial charge is 0.343 e. The Kier molecular flexibility index (Phi) is 6.38. The maximum Gasteiger partial charge on any atom is 0.343 e. The number of ketones is 1. The number of hydrogen-bond acceptors (Lipinski definition) is 3. The number of rotatable bonds is 6. The van der Waals surface area contributed by atoms with Crippen LogP contribution in [0.4, 0.5) is 0 Å². The summed E-state index contributed by atoms with van der Waals surface area (Å²) in [7, 11) is 0. The van der Waals surface area contributed by atoms with E-state index >= 15 is 0 Å². The Labute approximate surface area is 187 Å². The summed E-state index contributed by atoms with van der Waals surface area (Å²) in [5.41, 5.74) is 4.77. The molecule has 0 N–H and O–H groups in total. The summed E-state index contributed by atoms with van der Waals surface area (Å²) < 4.78 is 5.61. The first-order valence-corrected chi connectivity index (χ1v) is 10.4.